The number of hydrogen-bond acceptors (Lipinski definition) is 4. The van der Waals surface area contributed by atoms with Gasteiger partial charge in [-0.3, -0.25) is 4.98 Å². The highest BCUT2D eigenvalue weighted by Crippen LogP contribution is 2.24. The molecule has 0 fully saturated rings. The van der Waals surface area contributed by atoms with Crippen LogP contribution < -0.4 is 5.73 Å². The minimum Gasteiger partial charge on any atom is -0.396 e. The van der Waals surface area contributed by atoms with Crippen molar-refractivity contribution < 1.29 is 0 Å². The van der Waals surface area contributed by atoms with Crippen molar-refractivity contribution in [3.63, 3.8) is 0 Å². The number of aromatic nitrogens is 3. The van der Waals surface area contributed by atoms with Crippen LogP contribution in [0.2, 0.25) is 10.4 Å². The fourth-order valence-electron chi connectivity index (χ4n) is 1.00. The first-order valence-electron chi connectivity index (χ1n) is 3.40. The second kappa shape index (κ2) is 2.97. The summed E-state index contributed by atoms with van der Waals surface area (Å²) in [6, 6.07) is 0. The first-order valence-corrected chi connectivity index (χ1v) is 4.16. The normalized spacial score (nSPS) is 10.6. The molecule has 0 aliphatic carbocycles. The van der Waals surface area contributed by atoms with Crippen LogP contribution in [0.5, 0.6) is 0 Å². The Balaban J connectivity index is 2.94. The Morgan fingerprint density at radius 1 is 1.15 bits per heavy atom. The highest BCUT2D eigenvalue weighted by molar-refractivity contribution is 6.36. The molecule has 0 amide bonds. The molecule has 0 saturated carbocycles. The monoisotopic (exact) mass is 214 g/mol. The number of anilines is 1. The molecule has 2 aromatic heterocycles. The summed E-state index contributed by atoms with van der Waals surface area (Å²) in [6.07, 6.45) is 3.03. The predicted octanol–water partition coefficient (Wildman–Crippen LogP) is 1.91. The van der Waals surface area contributed by atoms with E-state index < -0.39 is 0 Å². The molecule has 2 N–H and O–H groups in total. The van der Waals surface area contributed by atoms with E-state index in [-0.39, 0.29) is 10.4 Å². The van der Waals surface area contributed by atoms with Crippen molar-refractivity contribution in [3.8, 4) is 0 Å². The molecule has 0 unspecified atom stereocenters. The van der Waals surface area contributed by atoms with Crippen molar-refractivity contribution in [3.05, 3.63) is 22.8 Å². The molecule has 2 rings (SSSR count). The van der Waals surface area contributed by atoms with Crippen molar-refractivity contribution >= 4 is 39.8 Å². The van der Waals surface area contributed by atoms with Gasteiger partial charge in [-0.2, -0.15) is 0 Å². The summed E-state index contributed by atoms with van der Waals surface area (Å²) in [5.74, 6) is 0. The van der Waals surface area contributed by atoms with Crippen LogP contribution in [0.15, 0.2) is 12.4 Å². The van der Waals surface area contributed by atoms with Crippen LogP contribution in [0.25, 0.3) is 10.9 Å². The minimum atomic E-state index is 0.0791. The van der Waals surface area contributed by atoms with E-state index >= 15 is 0 Å². The summed E-state index contributed by atoms with van der Waals surface area (Å²) < 4.78 is 0. The molecule has 2 aromatic rings. The number of fused-ring (bicyclic) bond motifs is 1. The summed E-state index contributed by atoms with van der Waals surface area (Å²) in [5.41, 5.74) is 6.59. The van der Waals surface area contributed by atoms with Crippen LogP contribution >= 0.6 is 23.2 Å². The molecule has 0 aliphatic rings. The second-order valence-corrected chi connectivity index (χ2v) is 3.10. The second-order valence-electron chi connectivity index (χ2n) is 2.41. The maximum absolute atomic E-state index is 5.80. The van der Waals surface area contributed by atoms with E-state index in [1.54, 1.807) is 6.20 Å². The number of halogens is 2. The highest BCUT2D eigenvalue weighted by Gasteiger charge is 2.06. The third-order valence-electron chi connectivity index (χ3n) is 1.56. The zero-order chi connectivity index (χ0) is 9.42. The molecule has 0 aliphatic heterocycles. The average Bonchev–Trinajstić information content (AvgIpc) is 2.07. The van der Waals surface area contributed by atoms with E-state index in [0.29, 0.717) is 16.6 Å². The van der Waals surface area contributed by atoms with E-state index in [2.05, 4.69) is 15.0 Å². The Labute approximate surface area is 83.7 Å². The SMILES string of the molecule is Nc1cncc2c(Cl)nc(Cl)nc12. The largest absolute Gasteiger partial charge is 0.396 e. The van der Waals surface area contributed by atoms with Crippen LogP contribution in [0, 0.1) is 0 Å². The van der Waals surface area contributed by atoms with Crippen molar-refractivity contribution in [1.29, 1.82) is 0 Å². The molecule has 0 radical (unpaired) electrons. The lowest BCUT2D eigenvalue weighted by Crippen LogP contribution is -1.93. The lowest BCUT2D eigenvalue weighted by Gasteiger charge is -2.01. The van der Waals surface area contributed by atoms with E-state index in [0.717, 1.165) is 0 Å². The van der Waals surface area contributed by atoms with Gasteiger partial charge in [0.2, 0.25) is 5.28 Å². The van der Waals surface area contributed by atoms with Gasteiger partial charge in [0.25, 0.3) is 0 Å². The molecule has 4 nitrogen and oxygen atoms in total. The summed E-state index contributed by atoms with van der Waals surface area (Å²) in [6.45, 7) is 0. The Kier molecular flexibility index (Phi) is 1.94. The Bertz CT molecular complexity index is 471. The minimum absolute atomic E-state index is 0.0791. The van der Waals surface area contributed by atoms with Gasteiger partial charge in [-0.05, 0) is 11.6 Å². The Hall–Kier alpha value is -1.13. The fraction of sp³-hybridized carbons (Fsp3) is 0. The Morgan fingerprint density at radius 3 is 2.69 bits per heavy atom. The number of nitrogens with two attached hydrogens (primary N) is 1. The molecule has 6 heteroatoms. The van der Waals surface area contributed by atoms with Crippen molar-refractivity contribution in [2.45, 2.75) is 0 Å². The van der Waals surface area contributed by atoms with Crippen LogP contribution in [-0.4, -0.2) is 15.0 Å². The van der Waals surface area contributed by atoms with Crippen molar-refractivity contribution in [2.24, 2.45) is 0 Å². The lowest BCUT2D eigenvalue weighted by atomic mass is 10.3. The molecule has 13 heavy (non-hydrogen) atoms. The van der Waals surface area contributed by atoms with Gasteiger partial charge in [0.05, 0.1) is 17.3 Å². The molecular weight excluding hydrogens is 211 g/mol. The topological polar surface area (TPSA) is 64.7 Å². The molecule has 2 heterocycles. The molecule has 0 atom stereocenters. The summed E-state index contributed by atoms with van der Waals surface area (Å²) in [7, 11) is 0. The lowest BCUT2D eigenvalue weighted by molar-refractivity contribution is 1.21. The maximum atomic E-state index is 5.80. The van der Waals surface area contributed by atoms with Gasteiger partial charge in [0.15, 0.2) is 0 Å². The third kappa shape index (κ3) is 1.38. The van der Waals surface area contributed by atoms with Gasteiger partial charge in [0.1, 0.15) is 10.7 Å². The number of pyridine rings is 1. The highest BCUT2D eigenvalue weighted by atomic mass is 35.5. The van der Waals surface area contributed by atoms with E-state index in [1.807, 2.05) is 0 Å². The quantitative estimate of drug-likeness (QED) is 0.538. The zero-order valence-corrected chi connectivity index (χ0v) is 7.84. The van der Waals surface area contributed by atoms with Crippen LogP contribution in [0.1, 0.15) is 0 Å². The number of nitrogen functional groups attached to an aromatic ring is 1. The molecule has 0 bridgehead atoms. The maximum Gasteiger partial charge on any atom is 0.224 e. The molecule has 0 saturated heterocycles. The predicted molar refractivity (Wildman–Crippen MR) is 51.8 cm³/mol. The molecule has 66 valence electrons. The summed E-state index contributed by atoms with van der Waals surface area (Å²) in [4.78, 5) is 11.6. The van der Waals surface area contributed by atoms with Gasteiger partial charge in [0, 0.05) is 6.20 Å². The molecular formula is C7H4Cl2N4. The smallest absolute Gasteiger partial charge is 0.224 e. The summed E-state index contributed by atoms with van der Waals surface area (Å²) in [5, 5.41) is 0.941. The summed E-state index contributed by atoms with van der Waals surface area (Å²) >= 11 is 11.4. The van der Waals surface area contributed by atoms with E-state index in [4.69, 9.17) is 28.9 Å². The van der Waals surface area contributed by atoms with Gasteiger partial charge < -0.3 is 5.73 Å². The van der Waals surface area contributed by atoms with Gasteiger partial charge in [-0.15, -0.1) is 0 Å². The number of hydrogen-bond donors (Lipinski definition) is 1. The average molecular weight is 215 g/mol. The van der Waals surface area contributed by atoms with E-state index in [1.165, 1.54) is 6.20 Å². The van der Waals surface area contributed by atoms with Gasteiger partial charge >= 0.3 is 0 Å². The van der Waals surface area contributed by atoms with Crippen molar-refractivity contribution in [2.75, 3.05) is 5.73 Å². The van der Waals surface area contributed by atoms with Gasteiger partial charge in [-0.1, -0.05) is 11.6 Å². The van der Waals surface area contributed by atoms with Gasteiger partial charge in [-0.25, -0.2) is 9.97 Å². The molecule has 0 spiro atoms. The first kappa shape index (κ1) is 8.47. The van der Waals surface area contributed by atoms with E-state index in [9.17, 15) is 0 Å². The third-order valence-corrected chi connectivity index (χ3v) is 2.02. The number of rotatable bonds is 0. The zero-order valence-electron chi connectivity index (χ0n) is 6.33. The van der Waals surface area contributed by atoms with Crippen molar-refractivity contribution in [1.82, 2.24) is 15.0 Å². The molecule has 0 aromatic carbocycles. The van der Waals surface area contributed by atoms with Crippen LogP contribution in [0.3, 0.4) is 0 Å². The fourth-order valence-corrected chi connectivity index (χ4v) is 1.43. The number of nitrogens with zero attached hydrogens (tertiary/aromatic N) is 3. The standard InChI is InChI=1S/C7H4Cl2N4/c8-6-3-1-11-2-4(10)5(3)12-7(9)13-6/h1-2H,10H2. The van der Waals surface area contributed by atoms with Crippen LogP contribution in [0.4, 0.5) is 5.69 Å². The first-order chi connectivity index (χ1) is 6.18. The van der Waals surface area contributed by atoms with Crippen LogP contribution in [-0.2, 0) is 0 Å². The Morgan fingerprint density at radius 2 is 1.92 bits per heavy atom.